The van der Waals surface area contributed by atoms with Crippen LogP contribution in [-0.4, -0.2) is 68.0 Å². The SMILES string of the molecule is CC(=O)N[C@H]1CC12CN(C1CCC(c3ccc(CSc4nnnn4C)cc3)CN1)C(=O)O2. The minimum absolute atomic E-state index is 0.0209. The summed E-state index contributed by atoms with van der Waals surface area (Å²) in [6.07, 6.45) is 2.27. The summed E-state index contributed by atoms with van der Waals surface area (Å²) >= 11 is 1.61. The van der Waals surface area contributed by atoms with E-state index in [9.17, 15) is 9.59 Å². The number of carbonyl (C=O) groups excluding carboxylic acids is 2. The summed E-state index contributed by atoms with van der Waals surface area (Å²) in [6.45, 7) is 2.84. The number of amides is 2. The van der Waals surface area contributed by atoms with E-state index in [4.69, 9.17) is 4.74 Å². The Morgan fingerprint density at radius 3 is 2.81 bits per heavy atom. The number of tetrazole rings is 1. The van der Waals surface area contributed by atoms with Crippen LogP contribution in [0.25, 0.3) is 0 Å². The minimum Gasteiger partial charge on any atom is -0.439 e. The lowest BCUT2D eigenvalue weighted by Crippen LogP contribution is -2.50. The third-order valence-electron chi connectivity index (χ3n) is 6.53. The van der Waals surface area contributed by atoms with Gasteiger partial charge in [0.1, 0.15) is 0 Å². The normalized spacial score (nSPS) is 29.2. The van der Waals surface area contributed by atoms with Crippen LogP contribution in [-0.2, 0) is 22.3 Å². The van der Waals surface area contributed by atoms with E-state index >= 15 is 0 Å². The molecule has 11 heteroatoms. The number of thioether (sulfide) groups is 1. The second kappa shape index (κ2) is 8.36. The first kappa shape index (κ1) is 21.2. The van der Waals surface area contributed by atoms with Gasteiger partial charge in [0, 0.05) is 32.7 Å². The molecule has 4 atom stereocenters. The van der Waals surface area contributed by atoms with Gasteiger partial charge in [-0.3, -0.25) is 15.0 Å². The maximum atomic E-state index is 12.5. The third kappa shape index (κ3) is 4.18. The number of aryl methyl sites for hydroxylation is 1. The van der Waals surface area contributed by atoms with Crippen molar-refractivity contribution in [3.63, 3.8) is 0 Å². The molecule has 2 aromatic rings. The molecule has 3 aliphatic rings. The summed E-state index contributed by atoms with van der Waals surface area (Å²) in [4.78, 5) is 25.6. The van der Waals surface area contributed by atoms with Crippen molar-refractivity contribution in [1.82, 2.24) is 35.7 Å². The van der Waals surface area contributed by atoms with Crippen molar-refractivity contribution in [2.24, 2.45) is 7.05 Å². The average molecular weight is 458 g/mol. The molecule has 1 aromatic carbocycles. The van der Waals surface area contributed by atoms with E-state index in [1.807, 2.05) is 7.05 Å². The molecule has 0 bridgehead atoms. The van der Waals surface area contributed by atoms with Crippen molar-refractivity contribution in [2.75, 3.05) is 13.1 Å². The van der Waals surface area contributed by atoms with Crippen molar-refractivity contribution < 1.29 is 14.3 Å². The van der Waals surface area contributed by atoms with Gasteiger partial charge in [0.05, 0.1) is 18.8 Å². The number of piperidine rings is 1. The van der Waals surface area contributed by atoms with E-state index in [1.54, 1.807) is 21.3 Å². The number of rotatable bonds is 6. The van der Waals surface area contributed by atoms with E-state index in [-0.39, 0.29) is 24.2 Å². The van der Waals surface area contributed by atoms with Gasteiger partial charge in [-0.1, -0.05) is 36.0 Å². The summed E-state index contributed by atoms with van der Waals surface area (Å²) in [7, 11) is 1.84. The smallest absolute Gasteiger partial charge is 0.411 e. The van der Waals surface area contributed by atoms with E-state index in [1.165, 1.54) is 18.1 Å². The monoisotopic (exact) mass is 457 g/mol. The molecular weight excluding hydrogens is 430 g/mol. The number of hydrogen-bond acceptors (Lipinski definition) is 8. The van der Waals surface area contributed by atoms with Gasteiger partial charge in [0.2, 0.25) is 11.1 Å². The second-order valence-corrected chi connectivity index (χ2v) is 9.77. The summed E-state index contributed by atoms with van der Waals surface area (Å²) in [5.74, 6) is 1.14. The maximum Gasteiger partial charge on any atom is 0.411 e. The molecule has 2 saturated heterocycles. The van der Waals surface area contributed by atoms with E-state index in [0.717, 1.165) is 30.3 Å². The first-order chi connectivity index (χ1) is 15.4. The zero-order valence-corrected chi connectivity index (χ0v) is 19.0. The molecule has 1 aromatic heterocycles. The molecule has 3 fully saturated rings. The molecule has 3 heterocycles. The van der Waals surface area contributed by atoms with Crippen LogP contribution in [0.2, 0.25) is 0 Å². The number of benzene rings is 1. The molecule has 5 rings (SSSR count). The first-order valence-corrected chi connectivity index (χ1v) is 11.9. The Morgan fingerprint density at radius 1 is 1.34 bits per heavy atom. The van der Waals surface area contributed by atoms with Crippen LogP contribution >= 0.6 is 11.8 Å². The van der Waals surface area contributed by atoms with Crippen molar-refractivity contribution in [1.29, 1.82) is 0 Å². The quantitative estimate of drug-likeness (QED) is 0.626. The van der Waals surface area contributed by atoms with Crippen LogP contribution < -0.4 is 10.6 Å². The molecule has 1 spiro atoms. The Labute approximate surface area is 190 Å². The van der Waals surface area contributed by atoms with Gasteiger partial charge in [-0.15, -0.1) is 5.10 Å². The minimum atomic E-state index is -0.532. The lowest BCUT2D eigenvalue weighted by atomic mass is 9.90. The Kier molecular flexibility index (Phi) is 5.54. The predicted octanol–water partition coefficient (Wildman–Crippen LogP) is 1.39. The van der Waals surface area contributed by atoms with Crippen LogP contribution in [0, 0.1) is 0 Å². The number of nitrogens with one attached hydrogen (secondary N) is 2. The fourth-order valence-electron chi connectivity index (χ4n) is 4.63. The molecule has 3 unspecified atom stereocenters. The second-order valence-electron chi connectivity index (χ2n) is 8.83. The maximum absolute atomic E-state index is 12.5. The van der Waals surface area contributed by atoms with Crippen molar-refractivity contribution in [3.8, 4) is 0 Å². The molecule has 2 aliphatic heterocycles. The summed E-state index contributed by atoms with van der Waals surface area (Å²) in [5.41, 5.74) is 2.00. The van der Waals surface area contributed by atoms with Crippen molar-refractivity contribution in [3.05, 3.63) is 35.4 Å². The highest BCUT2D eigenvalue weighted by Crippen LogP contribution is 2.46. The van der Waals surface area contributed by atoms with Gasteiger partial charge in [-0.2, -0.15) is 0 Å². The zero-order chi connectivity index (χ0) is 22.3. The number of carbonyl (C=O) groups is 2. The van der Waals surface area contributed by atoms with Gasteiger partial charge >= 0.3 is 6.09 Å². The van der Waals surface area contributed by atoms with E-state index in [0.29, 0.717) is 18.9 Å². The topological polar surface area (TPSA) is 114 Å². The van der Waals surface area contributed by atoms with Crippen molar-refractivity contribution in [2.45, 2.75) is 60.8 Å². The molecule has 170 valence electrons. The van der Waals surface area contributed by atoms with Crippen LogP contribution in [0.4, 0.5) is 4.79 Å². The van der Waals surface area contributed by atoms with E-state index in [2.05, 4.69) is 50.4 Å². The molecular formula is C21H27N7O3S. The van der Waals surface area contributed by atoms with Crippen molar-refractivity contribution >= 4 is 23.8 Å². The molecule has 2 N–H and O–H groups in total. The Balaban J connectivity index is 1.12. The highest BCUT2D eigenvalue weighted by Gasteiger charge is 2.64. The Bertz CT molecular complexity index is 1010. The zero-order valence-electron chi connectivity index (χ0n) is 18.2. The molecule has 1 saturated carbocycles. The van der Waals surface area contributed by atoms with Crippen LogP contribution in [0.3, 0.4) is 0 Å². The summed E-state index contributed by atoms with van der Waals surface area (Å²) < 4.78 is 7.31. The fourth-order valence-corrected chi connectivity index (χ4v) is 5.43. The van der Waals surface area contributed by atoms with E-state index < -0.39 is 5.60 Å². The highest BCUT2D eigenvalue weighted by atomic mass is 32.2. The number of nitrogens with zero attached hydrogens (tertiary/aromatic N) is 5. The Hall–Kier alpha value is -2.66. The molecule has 32 heavy (non-hydrogen) atoms. The number of aromatic nitrogens is 4. The lowest BCUT2D eigenvalue weighted by molar-refractivity contribution is -0.119. The lowest BCUT2D eigenvalue weighted by Gasteiger charge is -2.34. The predicted molar refractivity (Wildman–Crippen MR) is 117 cm³/mol. The van der Waals surface area contributed by atoms with Gasteiger partial charge in [0.25, 0.3) is 0 Å². The third-order valence-corrected chi connectivity index (χ3v) is 7.61. The largest absolute Gasteiger partial charge is 0.439 e. The molecule has 10 nitrogen and oxygen atoms in total. The number of hydrogen-bond donors (Lipinski definition) is 2. The van der Waals surface area contributed by atoms with Gasteiger partial charge < -0.3 is 10.1 Å². The van der Waals surface area contributed by atoms with Crippen LogP contribution in [0.5, 0.6) is 0 Å². The molecule has 0 radical (unpaired) electrons. The molecule has 1 aliphatic carbocycles. The van der Waals surface area contributed by atoms with Gasteiger partial charge in [0.15, 0.2) is 5.60 Å². The standard InChI is InChI=1S/C21H27N7O3S/c1-13(29)23-17-9-21(17)12-28(20(30)31-21)18-8-7-16(10-22-18)15-5-3-14(4-6-15)11-32-19-24-25-26-27(19)2/h3-6,16-18,22H,7-12H2,1-2H3,(H,23,29)/t16?,17-,18?,21?/m0/s1. The average Bonchev–Trinajstić information content (AvgIpc) is 3.08. The fraction of sp³-hybridized carbons (Fsp3) is 0.571. The first-order valence-electron chi connectivity index (χ1n) is 10.9. The summed E-state index contributed by atoms with van der Waals surface area (Å²) in [6, 6.07) is 8.65. The van der Waals surface area contributed by atoms with Gasteiger partial charge in [-0.25, -0.2) is 9.48 Å². The summed E-state index contributed by atoms with van der Waals surface area (Å²) in [5, 5.41) is 18.7. The highest BCUT2D eigenvalue weighted by molar-refractivity contribution is 7.98. The van der Waals surface area contributed by atoms with Crippen LogP contribution in [0.15, 0.2) is 29.4 Å². The van der Waals surface area contributed by atoms with Crippen LogP contribution in [0.1, 0.15) is 43.2 Å². The number of ether oxygens (including phenoxy) is 1. The van der Waals surface area contributed by atoms with Gasteiger partial charge in [-0.05, 0) is 40.3 Å². The molecule has 2 amide bonds. The Morgan fingerprint density at radius 2 is 2.16 bits per heavy atom.